The topological polar surface area (TPSA) is 111 Å². The van der Waals surface area contributed by atoms with Gasteiger partial charge in [-0.25, -0.2) is 9.59 Å². The van der Waals surface area contributed by atoms with Crippen LogP contribution in [0.2, 0.25) is 0 Å². The van der Waals surface area contributed by atoms with E-state index in [0.29, 0.717) is 47.3 Å². The van der Waals surface area contributed by atoms with E-state index in [4.69, 9.17) is 9.47 Å². The van der Waals surface area contributed by atoms with Gasteiger partial charge in [-0.15, -0.1) is 0 Å². The van der Waals surface area contributed by atoms with Crippen LogP contribution in [0.1, 0.15) is 39.5 Å². The molecule has 0 unspecified atom stereocenters. The van der Waals surface area contributed by atoms with Gasteiger partial charge >= 0.3 is 36.1 Å². The molecule has 0 saturated carbocycles. The van der Waals surface area contributed by atoms with Crippen molar-refractivity contribution in [2.75, 3.05) is 24.7 Å². The Kier molecular flexibility index (Phi) is 15.1. The molecule has 8 nitrogen and oxygen atoms in total. The number of carbonyl (C=O) groups is 4. The Labute approximate surface area is 200 Å². The van der Waals surface area contributed by atoms with E-state index in [2.05, 4.69) is 0 Å². The predicted molar refractivity (Wildman–Crippen MR) is 113 cm³/mol. The summed E-state index contributed by atoms with van der Waals surface area (Å²) in [4.78, 5) is 46.5. The molecule has 0 heterocycles. The maximum atomic E-state index is 12.5. The fraction of sp³-hybridized carbons (Fsp3) is 0.778. The average molecular weight is 545 g/mol. The minimum Gasteiger partial charge on any atom is -0.464 e. The van der Waals surface area contributed by atoms with Gasteiger partial charge in [-0.2, -0.15) is 26.3 Å². The highest BCUT2D eigenvalue weighted by Gasteiger charge is 2.42. The van der Waals surface area contributed by atoms with Gasteiger partial charge < -0.3 is 20.1 Å². The second kappa shape index (κ2) is 15.9. The predicted octanol–water partition coefficient (Wildman–Crippen LogP) is 3.15. The molecule has 2 amide bonds. The first-order valence-electron chi connectivity index (χ1n) is 10.1. The normalized spacial score (nSPS) is 13.5. The van der Waals surface area contributed by atoms with Crippen LogP contribution in [0.4, 0.5) is 26.3 Å². The average Bonchev–Trinajstić information content (AvgIpc) is 2.73. The molecule has 16 heteroatoms. The maximum absolute atomic E-state index is 12.5. The molecule has 0 aromatic heterocycles. The van der Waals surface area contributed by atoms with Gasteiger partial charge in [0.15, 0.2) is 0 Å². The lowest BCUT2D eigenvalue weighted by molar-refractivity contribution is -0.175. The molecule has 0 aromatic rings. The molecule has 0 aliphatic rings. The van der Waals surface area contributed by atoms with Gasteiger partial charge in [-0.1, -0.05) is 48.3 Å². The van der Waals surface area contributed by atoms with E-state index < -0.39 is 59.7 Å². The molecule has 0 aromatic carbocycles. The number of halogens is 6. The SMILES string of the molecule is CCCCOC(=O)[C@H](CSSC[C@H](NC(=O)C(F)(F)F)C(=O)OCCCC)NC(=O)C(F)(F)F. The summed E-state index contributed by atoms with van der Waals surface area (Å²) in [6.45, 7) is 3.40. The zero-order valence-electron chi connectivity index (χ0n) is 18.3. The molecule has 0 saturated heterocycles. The van der Waals surface area contributed by atoms with Crippen molar-refractivity contribution in [3.05, 3.63) is 0 Å². The van der Waals surface area contributed by atoms with Crippen molar-refractivity contribution in [2.45, 2.75) is 64.0 Å². The van der Waals surface area contributed by atoms with E-state index in [1.54, 1.807) is 13.8 Å². The molecule has 0 spiro atoms. The van der Waals surface area contributed by atoms with Crippen LogP contribution in [0.15, 0.2) is 0 Å². The Morgan fingerprint density at radius 3 is 1.29 bits per heavy atom. The standard InChI is InChI=1S/C18H26F6N2O6S2/c1-3-5-7-31-13(27)11(25-15(29)17(19,20)21)9-33-34-10-12(14(28)32-8-6-4-2)26-16(30)18(22,23)24/h11-12H,3-10H2,1-2H3,(H,25,29)(H,26,30)/t11-,12-/m0/s1. The molecule has 0 radical (unpaired) electrons. The lowest BCUT2D eigenvalue weighted by atomic mass is 10.3. The molecule has 2 N–H and O–H groups in total. The van der Waals surface area contributed by atoms with E-state index in [0.717, 1.165) is 0 Å². The quantitative estimate of drug-likeness (QED) is 0.140. The lowest BCUT2D eigenvalue weighted by Crippen LogP contribution is -2.49. The summed E-state index contributed by atoms with van der Waals surface area (Å²) in [7, 11) is 1.37. The largest absolute Gasteiger partial charge is 0.471 e. The summed E-state index contributed by atoms with van der Waals surface area (Å²) < 4.78 is 84.9. The van der Waals surface area contributed by atoms with Crippen LogP contribution in [-0.4, -0.2) is 72.9 Å². The Bertz CT molecular complexity index is 622. The first-order chi connectivity index (χ1) is 15.7. The van der Waals surface area contributed by atoms with E-state index in [-0.39, 0.29) is 13.2 Å². The zero-order valence-corrected chi connectivity index (χ0v) is 20.0. The van der Waals surface area contributed by atoms with Crippen molar-refractivity contribution < 1.29 is 55.0 Å². The summed E-state index contributed by atoms with van der Waals surface area (Å²) >= 11 is 0. The molecule has 2 atom stereocenters. The second-order valence-electron chi connectivity index (χ2n) is 6.66. The van der Waals surface area contributed by atoms with Gasteiger partial charge in [-0.05, 0) is 12.8 Å². The molecule has 0 fully saturated rings. The first kappa shape index (κ1) is 32.2. The molecular formula is C18H26F6N2O6S2. The minimum absolute atomic E-state index is 0.0827. The van der Waals surface area contributed by atoms with Crippen molar-refractivity contribution in [3.8, 4) is 0 Å². The van der Waals surface area contributed by atoms with Crippen LogP contribution in [0.5, 0.6) is 0 Å². The fourth-order valence-corrected chi connectivity index (χ4v) is 4.18. The number of hydrogen-bond acceptors (Lipinski definition) is 8. The lowest BCUT2D eigenvalue weighted by Gasteiger charge is -2.20. The third kappa shape index (κ3) is 13.8. The molecular weight excluding hydrogens is 518 g/mol. The van der Waals surface area contributed by atoms with Gasteiger partial charge in [0.1, 0.15) is 12.1 Å². The Morgan fingerprint density at radius 2 is 1.03 bits per heavy atom. The number of nitrogens with one attached hydrogen (secondary N) is 2. The van der Waals surface area contributed by atoms with E-state index >= 15 is 0 Å². The van der Waals surface area contributed by atoms with E-state index in [9.17, 15) is 45.5 Å². The van der Waals surface area contributed by atoms with Gasteiger partial charge in [-0.3, -0.25) is 9.59 Å². The third-order valence-electron chi connectivity index (χ3n) is 3.73. The third-order valence-corrected chi connectivity index (χ3v) is 6.15. The Balaban J connectivity index is 5.06. The zero-order chi connectivity index (χ0) is 26.4. The van der Waals surface area contributed by atoms with Crippen molar-refractivity contribution in [3.63, 3.8) is 0 Å². The van der Waals surface area contributed by atoms with Crippen molar-refractivity contribution in [2.24, 2.45) is 0 Å². The minimum atomic E-state index is -5.25. The number of amides is 2. The molecule has 0 aliphatic heterocycles. The highest BCUT2D eigenvalue weighted by Crippen LogP contribution is 2.25. The number of alkyl halides is 6. The smallest absolute Gasteiger partial charge is 0.464 e. The molecule has 0 bridgehead atoms. The van der Waals surface area contributed by atoms with E-state index in [1.165, 1.54) is 10.6 Å². The van der Waals surface area contributed by atoms with Crippen molar-refractivity contribution in [1.82, 2.24) is 10.6 Å². The van der Waals surface area contributed by atoms with Crippen LogP contribution in [-0.2, 0) is 28.7 Å². The van der Waals surface area contributed by atoms with Crippen LogP contribution < -0.4 is 10.6 Å². The highest BCUT2D eigenvalue weighted by atomic mass is 33.1. The second-order valence-corrected chi connectivity index (χ2v) is 9.21. The number of carbonyl (C=O) groups excluding carboxylic acids is 4. The highest BCUT2D eigenvalue weighted by molar-refractivity contribution is 8.76. The van der Waals surface area contributed by atoms with Crippen molar-refractivity contribution in [1.29, 1.82) is 0 Å². The summed E-state index contributed by atoms with van der Waals surface area (Å²) in [6, 6.07) is -3.41. The Hall–Kier alpha value is -1.84. The molecule has 0 aliphatic carbocycles. The summed E-state index contributed by atoms with van der Waals surface area (Å²) in [6.07, 6.45) is -8.36. The van der Waals surface area contributed by atoms with E-state index in [1.807, 2.05) is 0 Å². The van der Waals surface area contributed by atoms with Crippen LogP contribution in [0.3, 0.4) is 0 Å². The number of rotatable bonds is 15. The van der Waals surface area contributed by atoms with Gasteiger partial charge in [0, 0.05) is 11.5 Å². The number of hydrogen-bond donors (Lipinski definition) is 2. The Morgan fingerprint density at radius 1 is 0.706 bits per heavy atom. The van der Waals surface area contributed by atoms with Gasteiger partial charge in [0.2, 0.25) is 0 Å². The van der Waals surface area contributed by atoms with Crippen LogP contribution >= 0.6 is 21.6 Å². The summed E-state index contributed by atoms with van der Waals surface area (Å²) in [5.41, 5.74) is 0. The number of esters is 2. The maximum Gasteiger partial charge on any atom is 0.471 e. The fourth-order valence-electron chi connectivity index (χ4n) is 1.89. The molecule has 198 valence electrons. The first-order valence-corrected chi connectivity index (χ1v) is 12.6. The summed E-state index contributed by atoms with van der Waals surface area (Å²) in [5, 5.41) is 3.00. The van der Waals surface area contributed by atoms with Crippen molar-refractivity contribution >= 4 is 45.3 Å². The molecule has 34 heavy (non-hydrogen) atoms. The van der Waals surface area contributed by atoms with Crippen LogP contribution in [0, 0.1) is 0 Å². The summed E-state index contributed by atoms with van der Waals surface area (Å²) in [5.74, 6) is -7.90. The van der Waals surface area contributed by atoms with Crippen LogP contribution in [0.25, 0.3) is 0 Å². The monoisotopic (exact) mass is 544 g/mol. The number of ether oxygens (including phenoxy) is 2. The number of unbranched alkanes of at least 4 members (excludes halogenated alkanes) is 2. The molecule has 0 rings (SSSR count). The van der Waals surface area contributed by atoms with Gasteiger partial charge in [0.05, 0.1) is 13.2 Å². The van der Waals surface area contributed by atoms with Gasteiger partial charge in [0.25, 0.3) is 0 Å².